The molecule has 0 radical (unpaired) electrons. The maximum Gasteiger partial charge on any atom is 0.258 e. The lowest BCUT2D eigenvalue weighted by Crippen LogP contribution is -2.36. The van der Waals surface area contributed by atoms with Crippen molar-refractivity contribution in [1.82, 2.24) is 0 Å². The minimum atomic E-state index is 0.0720. The molecule has 0 unspecified atom stereocenters. The van der Waals surface area contributed by atoms with Crippen LogP contribution in [0.25, 0.3) is 0 Å². The Labute approximate surface area is 125 Å². The van der Waals surface area contributed by atoms with Crippen molar-refractivity contribution in [2.24, 2.45) is 0 Å². The summed E-state index contributed by atoms with van der Waals surface area (Å²) in [6, 6.07) is 11.7. The molecule has 2 N–H and O–H groups in total. The first-order valence-corrected chi connectivity index (χ1v) is 7.34. The maximum absolute atomic E-state index is 12.9. The lowest BCUT2D eigenvalue weighted by atomic mass is 9.98. The molecule has 0 bridgehead atoms. The van der Waals surface area contributed by atoms with E-state index in [1.807, 2.05) is 55.1 Å². The number of benzene rings is 2. The van der Waals surface area contributed by atoms with Gasteiger partial charge in [0.15, 0.2) is 0 Å². The molecule has 2 aromatic carbocycles. The smallest absolute Gasteiger partial charge is 0.258 e. The zero-order valence-electron chi connectivity index (χ0n) is 12.5. The molecule has 0 aliphatic carbocycles. The van der Waals surface area contributed by atoms with Gasteiger partial charge in [-0.1, -0.05) is 18.2 Å². The first-order chi connectivity index (χ1) is 10.1. The van der Waals surface area contributed by atoms with Gasteiger partial charge in [-0.15, -0.1) is 0 Å². The number of nitrogen functional groups attached to an aromatic ring is 1. The third-order valence-corrected chi connectivity index (χ3v) is 4.31. The number of carbonyl (C=O) groups is 1. The molecule has 0 fully saturated rings. The zero-order chi connectivity index (χ0) is 15.0. The van der Waals surface area contributed by atoms with E-state index in [1.165, 1.54) is 5.56 Å². The highest BCUT2D eigenvalue weighted by atomic mass is 16.2. The van der Waals surface area contributed by atoms with Gasteiger partial charge in [0.05, 0.1) is 0 Å². The second-order valence-electron chi connectivity index (χ2n) is 5.70. The van der Waals surface area contributed by atoms with Gasteiger partial charge in [0.25, 0.3) is 5.91 Å². The van der Waals surface area contributed by atoms with Crippen LogP contribution in [0.5, 0.6) is 0 Å². The Kier molecular flexibility index (Phi) is 3.42. The Bertz CT molecular complexity index is 706. The Hall–Kier alpha value is -2.29. The lowest BCUT2D eigenvalue weighted by Gasteiger charge is -2.30. The van der Waals surface area contributed by atoms with E-state index >= 15 is 0 Å². The van der Waals surface area contributed by atoms with Crippen LogP contribution in [0, 0.1) is 13.8 Å². The highest BCUT2D eigenvalue weighted by Gasteiger charge is 2.24. The molecule has 3 rings (SSSR count). The summed E-state index contributed by atoms with van der Waals surface area (Å²) in [5.41, 5.74) is 11.8. The number of hydrogen-bond acceptors (Lipinski definition) is 2. The highest BCUT2D eigenvalue weighted by Crippen LogP contribution is 2.31. The fourth-order valence-corrected chi connectivity index (χ4v) is 2.93. The van der Waals surface area contributed by atoms with Gasteiger partial charge in [0.1, 0.15) is 0 Å². The Morgan fingerprint density at radius 1 is 1.19 bits per heavy atom. The van der Waals surface area contributed by atoms with Gasteiger partial charge < -0.3 is 10.6 Å². The molecule has 0 saturated heterocycles. The molecule has 0 saturated carbocycles. The minimum Gasteiger partial charge on any atom is -0.399 e. The number of nitrogens with zero attached hydrogens (tertiary/aromatic N) is 1. The topological polar surface area (TPSA) is 46.3 Å². The number of hydrogen-bond donors (Lipinski definition) is 1. The van der Waals surface area contributed by atoms with Gasteiger partial charge >= 0.3 is 0 Å². The fraction of sp³-hybridized carbons (Fsp3) is 0.278. The van der Waals surface area contributed by atoms with E-state index in [1.54, 1.807) is 0 Å². The van der Waals surface area contributed by atoms with E-state index < -0.39 is 0 Å². The Balaban J connectivity index is 2.04. The van der Waals surface area contributed by atoms with E-state index in [2.05, 4.69) is 0 Å². The van der Waals surface area contributed by atoms with Gasteiger partial charge in [-0.25, -0.2) is 0 Å². The fourth-order valence-electron chi connectivity index (χ4n) is 2.93. The van der Waals surface area contributed by atoms with E-state index in [9.17, 15) is 4.79 Å². The molecular weight excluding hydrogens is 260 g/mol. The van der Waals surface area contributed by atoms with Crippen LogP contribution in [0.2, 0.25) is 0 Å². The summed E-state index contributed by atoms with van der Waals surface area (Å²) in [4.78, 5) is 14.8. The molecule has 3 heteroatoms. The second-order valence-corrected chi connectivity index (χ2v) is 5.70. The summed E-state index contributed by atoms with van der Waals surface area (Å²) < 4.78 is 0. The van der Waals surface area contributed by atoms with Crippen molar-refractivity contribution in [3.05, 3.63) is 58.7 Å². The Morgan fingerprint density at radius 3 is 2.81 bits per heavy atom. The van der Waals surface area contributed by atoms with Crippen LogP contribution >= 0.6 is 0 Å². The SMILES string of the molecule is Cc1cccc(C(=O)N2CCCc3ccc(N)cc32)c1C. The van der Waals surface area contributed by atoms with Crippen LogP contribution in [0.3, 0.4) is 0 Å². The average Bonchev–Trinajstić information content (AvgIpc) is 2.48. The number of carbonyl (C=O) groups excluding carboxylic acids is 1. The van der Waals surface area contributed by atoms with Gasteiger partial charge in [-0.3, -0.25) is 4.79 Å². The predicted molar refractivity (Wildman–Crippen MR) is 86.8 cm³/mol. The van der Waals surface area contributed by atoms with Crippen molar-refractivity contribution in [1.29, 1.82) is 0 Å². The molecule has 21 heavy (non-hydrogen) atoms. The molecule has 3 nitrogen and oxygen atoms in total. The van der Waals surface area contributed by atoms with Crippen LogP contribution in [0.4, 0.5) is 11.4 Å². The highest BCUT2D eigenvalue weighted by molar-refractivity contribution is 6.08. The molecular formula is C18H20N2O. The van der Waals surface area contributed by atoms with Crippen molar-refractivity contribution in [3.63, 3.8) is 0 Å². The minimum absolute atomic E-state index is 0.0720. The predicted octanol–water partition coefficient (Wildman–Crippen LogP) is 3.48. The first kappa shape index (κ1) is 13.7. The van der Waals surface area contributed by atoms with Crippen molar-refractivity contribution >= 4 is 17.3 Å². The number of anilines is 2. The van der Waals surface area contributed by atoms with Gasteiger partial charge in [-0.2, -0.15) is 0 Å². The third kappa shape index (κ3) is 2.40. The van der Waals surface area contributed by atoms with Crippen LogP contribution in [0.1, 0.15) is 33.5 Å². The number of rotatable bonds is 1. The van der Waals surface area contributed by atoms with Crippen molar-refractivity contribution < 1.29 is 4.79 Å². The molecule has 1 aliphatic rings. The molecule has 0 atom stereocenters. The van der Waals surface area contributed by atoms with Crippen LogP contribution < -0.4 is 10.6 Å². The largest absolute Gasteiger partial charge is 0.399 e. The summed E-state index contributed by atoms with van der Waals surface area (Å²) in [6.45, 7) is 4.80. The number of fused-ring (bicyclic) bond motifs is 1. The van der Waals surface area contributed by atoms with Crippen LogP contribution in [0.15, 0.2) is 36.4 Å². The molecule has 108 valence electrons. The molecule has 1 aliphatic heterocycles. The van der Waals surface area contributed by atoms with Crippen LogP contribution in [-0.2, 0) is 6.42 Å². The summed E-state index contributed by atoms with van der Waals surface area (Å²) in [5, 5.41) is 0. The van der Waals surface area contributed by atoms with E-state index in [-0.39, 0.29) is 5.91 Å². The molecule has 0 aromatic heterocycles. The van der Waals surface area contributed by atoms with E-state index in [0.29, 0.717) is 5.69 Å². The summed E-state index contributed by atoms with van der Waals surface area (Å²) >= 11 is 0. The summed E-state index contributed by atoms with van der Waals surface area (Å²) in [6.07, 6.45) is 2.00. The van der Waals surface area contributed by atoms with Gasteiger partial charge in [0, 0.05) is 23.5 Å². The molecule has 1 heterocycles. The second kappa shape index (κ2) is 5.24. The molecule has 2 aromatic rings. The van der Waals surface area contributed by atoms with E-state index in [0.717, 1.165) is 41.8 Å². The number of aryl methyl sites for hydroxylation is 2. The van der Waals surface area contributed by atoms with Crippen molar-refractivity contribution in [3.8, 4) is 0 Å². The molecule has 1 amide bonds. The zero-order valence-corrected chi connectivity index (χ0v) is 12.5. The Morgan fingerprint density at radius 2 is 2.00 bits per heavy atom. The standard InChI is InChI=1S/C18H20N2O/c1-12-5-3-7-16(13(12)2)18(21)20-10-4-6-14-8-9-15(19)11-17(14)20/h3,5,7-9,11H,4,6,10,19H2,1-2H3. The number of nitrogens with two attached hydrogens (primary N) is 1. The van der Waals surface area contributed by atoms with E-state index in [4.69, 9.17) is 5.73 Å². The van der Waals surface area contributed by atoms with Gasteiger partial charge in [0.2, 0.25) is 0 Å². The van der Waals surface area contributed by atoms with Crippen molar-refractivity contribution in [2.45, 2.75) is 26.7 Å². The molecule has 0 spiro atoms. The third-order valence-electron chi connectivity index (χ3n) is 4.31. The van der Waals surface area contributed by atoms with Crippen molar-refractivity contribution in [2.75, 3.05) is 17.2 Å². The summed E-state index contributed by atoms with van der Waals surface area (Å²) in [7, 11) is 0. The first-order valence-electron chi connectivity index (χ1n) is 7.34. The summed E-state index contributed by atoms with van der Waals surface area (Å²) in [5.74, 6) is 0.0720. The maximum atomic E-state index is 12.9. The lowest BCUT2D eigenvalue weighted by molar-refractivity contribution is 0.0984. The number of amides is 1. The quantitative estimate of drug-likeness (QED) is 0.813. The monoisotopic (exact) mass is 280 g/mol. The normalized spacial score (nSPS) is 13.9. The van der Waals surface area contributed by atoms with Crippen LogP contribution in [-0.4, -0.2) is 12.5 Å². The average molecular weight is 280 g/mol. The van der Waals surface area contributed by atoms with Gasteiger partial charge in [-0.05, 0) is 61.6 Å².